The van der Waals surface area contributed by atoms with Crippen molar-refractivity contribution in [3.8, 4) is 0 Å². The molecule has 1 saturated heterocycles. The molecule has 2 aliphatic carbocycles. The molecule has 116 valence electrons. The van der Waals surface area contributed by atoms with E-state index in [0.29, 0.717) is 12.8 Å². The molecular weight excluding hydrogens is 275 g/mol. The molecule has 3 nitrogen and oxygen atoms in total. The molecule has 0 aromatic carbocycles. The van der Waals surface area contributed by atoms with E-state index in [9.17, 15) is 9.50 Å². The number of ether oxygens (including phenoxy) is 1. The molecule has 0 aromatic heterocycles. The summed E-state index contributed by atoms with van der Waals surface area (Å²) in [4.78, 5) is 0. The van der Waals surface area contributed by atoms with Gasteiger partial charge in [0.25, 0.3) is 0 Å². The molecule has 3 aliphatic rings. The van der Waals surface area contributed by atoms with Gasteiger partial charge in [-0.15, -0.1) is 0 Å². The van der Waals surface area contributed by atoms with Gasteiger partial charge in [-0.2, -0.15) is 0 Å². The maximum atomic E-state index is 14.6. The highest BCUT2D eigenvalue weighted by Gasteiger charge is 2.82. The van der Waals surface area contributed by atoms with Gasteiger partial charge in [-0.3, -0.25) is 0 Å². The largest absolute Gasteiger partial charge is 0.408 e. The van der Waals surface area contributed by atoms with Crippen LogP contribution in [0.1, 0.15) is 40.5 Å². The highest BCUT2D eigenvalue weighted by molar-refractivity contribution is 6.74. The van der Waals surface area contributed by atoms with Crippen molar-refractivity contribution in [1.29, 1.82) is 0 Å². The predicted octanol–water partition coefficient (Wildman–Crippen LogP) is 3.03. The van der Waals surface area contributed by atoms with Gasteiger partial charge in [-0.25, -0.2) is 4.39 Å². The second kappa shape index (κ2) is 3.86. The summed E-state index contributed by atoms with van der Waals surface area (Å²) in [7, 11) is -2.00. The molecule has 20 heavy (non-hydrogen) atoms. The first-order valence-electron chi connectivity index (χ1n) is 7.66. The Morgan fingerprint density at radius 3 is 2.45 bits per heavy atom. The van der Waals surface area contributed by atoms with E-state index in [1.807, 2.05) is 6.92 Å². The van der Waals surface area contributed by atoms with Crippen LogP contribution in [0.4, 0.5) is 4.39 Å². The van der Waals surface area contributed by atoms with Crippen molar-refractivity contribution in [1.82, 2.24) is 0 Å². The Hall–Kier alpha value is 0.0269. The fraction of sp³-hybridized carbons (Fsp3) is 1.00. The number of hydrogen-bond acceptors (Lipinski definition) is 3. The van der Waals surface area contributed by atoms with E-state index in [4.69, 9.17) is 9.16 Å². The average molecular weight is 302 g/mol. The van der Waals surface area contributed by atoms with Crippen LogP contribution in [0.2, 0.25) is 18.1 Å². The number of hydrogen-bond donors (Lipinski definition) is 1. The van der Waals surface area contributed by atoms with Crippen molar-refractivity contribution in [3.63, 3.8) is 0 Å². The van der Waals surface area contributed by atoms with E-state index in [-0.39, 0.29) is 17.1 Å². The summed E-state index contributed by atoms with van der Waals surface area (Å²) in [6, 6.07) is 0. The smallest absolute Gasteiger partial charge is 0.192 e. The van der Waals surface area contributed by atoms with E-state index in [0.717, 1.165) is 0 Å². The molecule has 3 fully saturated rings. The van der Waals surface area contributed by atoms with Crippen LogP contribution in [-0.4, -0.2) is 43.0 Å². The molecule has 5 heteroatoms. The quantitative estimate of drug-likeness (QED) is 0.797. The molecule has 1 heterocycles. The molecule has 1 aliphatic heterocycles. The number of aliphatic hydroxyl groups is 1. The minimum Gasteiger partial charge on any atom is -0.408 e. The fourth-order valence-corrected chi connectivity index (χ4v) is 5.44. The Morgan fingerprint density at radius 2 is 1.90 bits per heavy atom. The lowest BCUT2D eigenvalue weighted by molar-refractivity contribution is -0.104. The fourth-order valence-electron chi connectivity index (χ4n) is 3.85. The van der Waals surface area contributed by atoms with Gasteiger partial charge < -0.3 is 14.3 Å². The van der Waals surface area contributed by atoms with Gasteiger partial charge in [-0.1, -0.05) is 20.8 Å². The second-order valence-corrected chi connectivity index (χ2v) is 13.3. The molecule has 1 unspecified atom stereocenters. The van der Waals surface area contributed by atoms with Gasteiger partial charge in [-0.05, 0) is 31.5 Å². The summed E-state index contributed by atoms with van der Waals surface area (Å²) < 4.78 is 27.0. The van der Waals surface area contributed by atoms with Crippen molar-refractivity contribution in [2.75, 3.05) is 0 Å². The maximum Gasteiger partial charge on any atom is 0.192 e. The van der Waals surface area contributed by atoms with Crippen LogP contribution < -0.4 is 0 Å². The van der Waals surface area contributed by atoms with Gasteiger partial charge >= 0.3 is 0 Å². The van der Waals surface area contributed by atoms with E-state index < -0.39 is 31.8 Å². The zero-order valence-corrected chi connectivity index (χ0v) is 14.4. The summed E-state index contributed by atoms with van der Waals surface area (Å²) in [5.74, 6) is -0.181. The summed E-state index contributed by atoms with van der Waals surface area (Å²) in [6.45, 7) is 12.8. The number of fused-ring (bicyclic) bond motifs is 3. The van der Waals surface area contributed by atoms with Crippen molar-refractivity contribution in [2.24, 2.45) is 5.92 Å². The lowest BCUT2D eigenvalue weighted by Crippen LogP contribution is -2.52. The van der Waals surface area contributed by atoms with Crippen LogP contribution >= 0.6 is 0 Å². The van der Waals surface area contributed by atoms with E-state index in [2.05, 4.69) is 33.9 Å². The normalized spacial score (nSPS) is 51.0. The summed E-state index contributed by atoms with van der Waals surface area (Å²) >= 11 is 0. The van der Waals surface area contributed by atoms with Gasteiger partial charge in [0.1, 0.15) is 17.9 Å². The average Bonchev–Trinajstić information content (AvgIpc) is 2.82. The Balaban J connectivity index is 1.89. The molecule has 0 amide bonds. The van der Waals surface area contributed by atoms with Crippen LogP contribution in [0.25, 0.3) is 0 Å². The lowest BCUT2D eigenvalue weighted by Gasteiger charge is -2.41. The first kappa shape index (κ1) is 14.9. The van der Waals surface area contributed by atoms with Gasteiger partial charge in [0.2, 0.25) is 0 Å². The highest BCUT2D eigenvalue weighted by Crippen LogP contribution is 2.68. The van der Waals surface area contributed by atoms with Crippen LogP contribution in [0, 0.1) is 5.92 Å². The Morgan fingerprint density at radius 1 is 1.30 bits per heavy atom. The maximum absolute atomic E-state index is 14.6. The monoisotopic (exact) mass is 302 g/mol. The topological polar surface area (TPSA) is 38.7 Å². The standard InChI is InChI=1S/C15H27FO3Si/c1-9-7-14(17)11(16)10-8-15(10,12(14)18-9)19-20(5,6)13(2,3)4/h9-12,17H,7-8H2,1-6H3/t9-,10-,11?,12-,14+,15+/m0/s1. The zero-order valence-electron chi connectivity index (χ0n) is 13.4. The molecule has 1 N–H and O–H groups in total. The third-order valence-corrected chi connectivity index (χ3v) is 10.5. The van der Waals surface area contributed by atoms with Crippen molar-refractivity contribution in [2.45, 2.75) is 88.3 Å². The minimum atomic E-state index is -2.00. The number of rotatable bonds is 2. The first-order chi connectivity index (χ1) is 8.94. The lowest BCUT2D eigenvalue weighted by atomic mass is 9.90. The van der Waals surface area contributed by atoms with E-state index >= 15 is 0 Å². The Kier molecular flexibility index (Phi) is 2.88. The SMILES string of the molecule is C[C@H]1C[C@@]2(O)C(F)[C@@H]3C[C@]3(O[Si](C)(C)C(C)(C)C)[C@H]2O1. The van der Waals surface area contributed by atoms with E-state index in [1.165, 1.54) is 0 Å². The first-order valence-corrected chi connectivity index (χ1v) is 10.6. The summed E-state index contributed by atoms with van der Waals surface area (Å²) in [5, 5.41) is 10.7. The Bertz CT molecular complexity index is 435. The third-order valence-electron chi connectivity index (χ3n) is 5.97. The molecule has 2 saturated carbocycles. The van der Waals surface area contributed by atoms with Gasteiger partial charge in [0, 0.05) is 12.3 Å². The van der Waals surface area contributed by atoms with Crippen LogP contribution in [-0.2, 0) is 9.16 Å². The third kappa shape index (κ3) is 1.73. The van der Waals surface area contributed by atoms with Crippen molar-refractivity contribution in [3.05, 3.63) is 0 Å². The summed E-state index contributed by atoms with van der Waals surface area (Å²) in [6.07, 6.45) is -0.704. The number of halogens is 1. The van der Waals surface area contributed by atoms with Crippen molar-refractivity contribution < 1.29 is 18.7 Å². The van der Waals surface area contributed by atoms with Crippen LogP contribution in [0.3, 0.4) is 0 Å². The summed E-state index contributed by atoms with van der Waals surface area (Å²) in [5.41, 5.74) is -1.90. The van der Waals surface area contributed by atoms with Crippen molar-refractivity contribution >= 4 is 8.32 Å². The zero-order chi connectivity index (χ0) is 15.1. The Labute approximate surface area is 122 Å². The molecule has 0 radical (unpaired) electrons. The van der Waals surface area contributed by atoms with E-state index in [1.54, 1.807) is 0 Å². The van der Waals surface area contributed by atoms with Crippen LogP contribution in [0.5, 0.6) is 0 Å². The van der Waals surface area contributed by atoms with Crippen LogP contribution in [0.15, 0.2) is 0 Å². The molecule has 3 rings (SSSR count). The predicted molar refractivity (Wildman–Crippen MR) is 77.9 cm³/mol. The second-order valence-electron chi connectivity index (χ2n) is 8.55. The molecule has 0 spiro atoms. The van der Waals surface area contributed by atoms with Gasteiger partial charge in [0.05, 0.1) is 11.7 Å². The molecular formula is C15H27FO3Si. The minimum absolute atomic E-state index is 0.0750. The molecule has 6 atom stereocenters. The number of alkyl halides is 1. The molecule has 0 bridgehead atoms. The van der Waals surface area contributed by atoms with Gasteiger partial charge in [0.15, 0.2) is 8.32 Å². The highest BCUT2D eigenvalue weighted by atomic mass is 28.4. The molecule has 0 aromatic rings.